The van der Waals surface area contributed by atoms with E-state index >= 15 is 0 Å². The highest BCUT2D eigenvalue weighted by molar-refractivity contribution is 5.80. The molecule has 24 heavy (non-hydrogen) atoms. The van der Waals surface area contributed by atoms with Gasteiger partial charge in [-0.3, -0.25) is 5.01 Å². The summed E-state index contributed by atoms with van der Waals surface area (Å²) in [6, 6.07) is 4.58. The topological polar surface area (TPSA) is 81.0 Å². The number of hydrogen-bond donors (Lipinski definition) is 1. The van der Waals surface area contributed by atoms with Crippen LogP contribution >= 0.6 is 0 Å². The van der Waals surface area contributed by atoms with Crippen molar-refractivity contribution in [1.82, 2.24) is 20.0 Å². The molecule has 0 amide bonds. The first-order chi connectivity index (χ1) is 11.8. The molecule has 1 N–H and O–H groups in total. The predicted molar refractivity (Wildman–Crippen MR) is 94.4 cm³/mol. The molecule has 6 heteroatoms. The van der Waals surface area contributed by atoms with E-state index in [1.807, 2.05) is 25.5 Å². The highest BCUT2D eigenvalue weighted by atomic mass is 15.4. The van der Waals surface area contributed by atoms with E-state index in [0.29, 0.717) is 12.5 Å². The van der Waals surface area contributed by atoms with Crippen LogP contribution < -0.4 is 0 Å². The predicted octanol–water partition coefficient (Wildman–Crippen LogP) is 3.20. The van der Waals surface area contributed by atoms with E-state index in [1.165, 1.54) is 5.57 Å². The molecule has 0 bridgehead atoms. The highest BCUT2D eigenvalue weighted by Crippen LogP contribution is 2.25. The minimum atomic E-state index is 0.434. The molecule has 124 valence electrons. The zero-order valence-corrected chi connectivity index (χ0v) is 13.9. The first-order valence-corrected chi connectivity index (χ1v) is 8.37. The lowest BCUT2D eigenvalue weighted by molar-refractivity contribution is 0.232. The van der Waals surface area contributed by atoms with Crippen molar-refractivity contribution in [3.63, 3.8) is 0 Å². The van der Waals surface area contributed by atoms with Crippen molar-refractivity contribution in [3.05, 3.63) is 35.9 Å². The number of fused-ring (bicyclic) bond motifs is 1. The zero-order chi connectivity index (χ0) is 16.8. The van der Waals surface area contributed by atoms with Gasteiger partial charge in [0.1, 0.15) is 12.0 Å². The summed E-state index contributed by atoms with van der Waals surface area (Å²) in [7, 11) is 2.03. The molecule has 0 radical (unpaired) electrons. The molecule has 0 aromatic carbocycles. The van der Waals surface area contributed by atoms with E-state index in [1.54, 1.807) is 12.4 Å². The van der Waals surface area contributed by atoms with Gasteiger partial charge in [-0.15, -0.1) is 0 Å². The Hall–Kier alpha value is -2.68. The van der Waals surface area contributed by atoms with Gasteiger partial charge in [0.05, 0.1) is 11.8 Å². The maximum atomic E-state index is 8.80. The fourth-order valence-corrected chi connectivity index (χ4v) is 3.23. The van der Waals surface area contributed by atoms with E-state index in [4.69, 9.17) is 5.26 Å². The summed E-state index contributed by atoms with van der Waals surface area (Å²) in [6.45, 7) is 0. The number of hydrogen-bond acceptors (Lipinski definition) is 5. The SMILES string of the molecule is CN(/N=C\Cc1ncnc2[nH]ccc12)C1CCC/C(=C\C#N)CC1. The minimum Gasteiger partial charge on any atom is -0.346 e. The van der Waals surface area contributed by atoms with Crippen LogP contribution in [0.25, 0.3) is 11.0 Å². The first-order valence-electron chi connectivity index (χ1n) is 8.37. The lowest BCUT2D eigenvalue weighted by Crippen LogP contribution is -2.26. The van der Waals surface area contributed by atoms with Gasteiger partial charge in [-0.05, 0) is 38.2 Å². The van der Waals surface area contributed by atoms with Crippen LogP contribution in [-0.4, -0.2) is 39.3 Å². The molecule has 0 aliphatic heterocycles. The second-order valence-electron chi connectivity index (χ2n) is 6.15. The monoisotopic (exact) mass is 322 g/mol. The average molecular weight is 322 g/mol. The molecule has 1 atom stereocenters. The van der Waals surface area contributed by atoms with Gasteiger partial charge in [0.2, 0.25) is 0 Å². The van der Waals surface area contributed by atoms with Crippen molar-refractivity contribution >= 4 is 17.2 Å². The molecule has 1 aliphatic carbocycles. The zero-order valence-electron chi connectivity index (χ0n) is 13.9. The molecule has 0 spiro atoms. The Bertz CT molecular complexity index is 782. The quantitative estimate of drug-likeness (QED) is 0.406. The van der Waals surface area contributed by atoms with Gasteiger partial charge < -0.3 is 4.98 Å². The van der Waals surface area contributed by atoms with Crippen LogP contribution in [0, 0.1) is 11.3 Å². The summed E-state index contributed by atoms with van der Waals surface area (Å²) in [5, 5.41) is 16.5. The van der Waals surface area contributed by atoms with Gasteiger partial charge in [0.25, 0.3) is 0 Å². The minimum absolute atomic E-state index is 0.434. The molecule has 2 heterocycles. The van der Waals surface area contributed by atoms with Gasteiger partial charge in [0, 0.05) is 43.4 Å². The van der Waals surface area contributed by atoms with Crippen molar-refractivity contribution in [2.75, 3.05) is 7.05 Å². The van der Waals surface area contributed by atoms with Crippen LogP contribution in [0.3, 0.4) is 0 Å². The molecular weight excluding hydrogens is 300 g/mol. The van der Waals surface area contributed by atoms with Crippen molar-refractivity contribution < 1.29 is 0 Å². The van der Waals surface area contributed by atoms with Gasteiger partial charge in [-0.2, -0.15) is 10.4 Å². The van der Waals surface area contributed by atoms with Crippen molar-refractivity contribution in [2.45, 2.75) is 44.6 Å². The van der Waals surface area contributed by atoms with Gasteiger partial charge in [-0.1, -0.05) is 5.57 Å². The fraction of sp³-hybridized carbons (Fsp3) is 0.444. The number of nitrogens with one attached hydrogen (secondary N) is 1. The molecular formula is C18H22N6. The van der Waals surface area contributed by atoms with Crippen LogP contribution in [-0.2, 0) is 6.42 Å². The summed E-state index contributed by atoms with van der Waals surface area (Å²) in [5.74, 6) is 0. The van der Waals surface area contributed by atoms with Gasteiger partial charge in [-0.25, -0.2) is 9.97 Å². The van der Waals surface area contributed by atoms with Crippen molar-refractivity contribution in [1.29, 1.82) is 5.26 Å². The summed E-state index contributed by atoms with van der Waals surface area (Å²) in [4.78, 5) is 11.7. The highest BCUT2D eigenvalue weighted by Gasteiger charge is 2.17. The maximum Gasteiger partial charge on any atom is 0.140 e. The third-order valence-electron chi connectivity index (χ3n) is 4.62. The molecule has 6 nitrogen and oxygen atoms in total. The summed E-state index contributed by atoms with van der Waals surface area (Å²) in [6.07, 6.45) is 13.1. The first kappa shape index (κ1) is 16.2. The van der Waals surface area contributed by atoms with Crippen molar-refractivity contribution in [2.24, 2.45) is 5.10 Å². The average Bonchev–Trinajstić information content (AvgIpc) is 2.95. The largest absolute Gasteiger partial charge is 0.346 e. The lowest BCUT2D eigenvalue weighted by atomic mass is 10.1. The van der Waals surface area contributed by atoms with Gasteiger partial charge >= 0.3 is 0 Å². The number of hydrazone groups is 1. The smallest absolute Gasteiger partial charge is 0.140 e. The summed E-state index contributed by atoms with van der Waals surface area (Å²) in [5.41, 5.74) is 3.12. The van der Waals surface area contributed by atoms with E-state index in [9.17, 15) is 0 Å². The van der Waals surface area contributed by atoms with Crippen molar-refractivity contribution in [3.8, 4) is 6.07 Å². The number of aromatic nitrogens is 3. The van der Waals surface area contributed by atoms with Crippen LogP contribution in [0.5, 0.6) is 0 Å². The number of rotatable bonds is 4. The van der Waals surface area contributed by atoms with E-state index in [-0.39, 0.29) is 0 Å². The number of allylic oxidation sites excluding steroid dienone is 2. The third-order valence-corrected chi connectivity index (χ3v) is 4.62. The molecule has 1 unspecified atom stereocenters. The number of nitriles is 1. The molecule has 2 aromatic heterocycles. The lowest BCUT2D eigenvalue weighted by Gasteiger charge is -2.23. The van der Waals surface area contributed by atoms with E-state index < -0.39 is 0 Å². The Labute approximate surface area is 141 Å². The van der Waals surface area contributed by atoms with E-state index in [0.717, 1.165) is 48.8 Å². The maximum absolute atomic E-state index is 8.80. The molecule has 0 saturated heterocycles. The Kier molecular flexibility index (Phi) is 5.22. The van der Waals surface area contributed by atoms with Crippen LogP contribution in [0.4, 0.5) is 0 Å². The Morgan fingerprint density at radius 3 is 3.21 bits per heavy atom. The normalized spacial score (nSPS) is 20.3. The summed E-state index contributed by atoms with van der Waals surface area (Å²) < 4.78 is 0. The third kappa shape index (κ3) is 3.80. The second-order valence-corrected chi connectivity index (χ2v) is 6.15. The molecule has 3 rings (SSSR count). The van der Waals surface area contributed by atoms with E-state index in [2.05, 4.69) is 31.1 Å². The molecule has 2 aromatic rings. The van der Waals surface area contributed by atoms with Gasteiger partial charge in [0.15, 0.2) is 0 Å². The van der Waals surface area contributed by atoms with Crippen LogP contribution in [0.2, 0.25) is 0 Å². The fourth-order valence-electron chi connectivity index (χ4n) is 3.23. The Morgan fingerprint density at radius 2 is 2.33 bits per heavy atom. The molecule has 1 saturated carbocycles. The van der Waals surface area contributed by atoms with Crippen LogP contribution in [0.15, 0.2) is 35.3 Å². The van der Waals surface area contributed by atoms with Crippen LogP contribution in [0.1, 0.15) is 37.8 Å². The number of nitrogens with zero attached hydrogens (tertiary/aromatic N) is 5. The standard InChI is InChI=1S/C18H22N6/c1-24(15-4-2-3-14(5-6-15)7-10-19)23-12-9-17-16-8-11-20-18(16)22-13-21-17/h7-8,11-13,15H,2-6,9H2,1H3,(H,20,21,22)/b14-7+,23-12-. The number of aromatic amines is 1. The Morgan fingerprint density at radius 1 is 1.42 bits per heavy atom. The summed E-state index contributed by atoms with van der Waals surface area (Å²) >= 11 is 0. The second kappa shape index (κ2) is 7.73. The molecule has 1 fully saturated rings. The number of H-pyrrole nitrogens is 1. The Balaban J connectivity index is 1.59. The molecule has 1 aliphatic rings.